The van der Waals surface area contributed by atoms with Gasteiger partial charge in [0.25, 0.3) is 16.0 Å². The third-order valence-electron chi connectivity index (χ3n) is 5.46. The zero-order chi connectivity index (χ0) is 26.9. The van der Waals surface area contributed by atoms with Crippen LogP contribution in [0.2, 0.25) is 10.0 Å². The van der Waals surface area contributed by atoms with Crippen LogP contribution in [0.5, 0.6) is 11.5 Å². The van der Waals surface area contributed by atoms with Crippen molar-refractivity contribution in [2.45, 2.75) is 11.8 Å². The molecule has 0 bridgehead atoms. The number of amides is 1. The van der Waals surface area contributed by atoms with Gasteiger partial charge in [-0.25, -0.2) is 0 Å². The summed E-state index contributed by atoms with van der Waals surface area (Å²) >= 11 is 12.1. The van der Waals surface area contributed by atoms with Gasteiger partial charge >= 0.3 is 29.6 Å². The predicted molar refractivity (Wildman–Crippen MR) is 140 cm³/mol. The first-order valence-electron chi connectivity index (χ1n) is 10.6. The van der Waals surface area contributed by atoms with Gasteiger partial charge < -0.3 is 15.2 Å². The molecule has 4 rings (SSSR count). The van der Waals surface area contributed by atoms with Gasteiger partial charge in [0.05, 0.1) is 23.5 Å². The first-order chi connectivity index (χ1) is 17.5. The molecule has 0 radical (unpaired) electrons. The van der Waals surface area contributed by atoms with E-state index in [-0.39, 0.29) is 62.1 Å². The molecule has 0 aromatic heterocycles. The number of hydrogen-bond acceptors (Lipinski definition) is 7. The molecule has 0 aliphatic carbocycles. The Morgan fingerprint density at radius 1 is 1.05 bits per heavy atom. The molecule has 0 atom stereocenters. The number of anilines is 1. The van der Waals surface area contributed by atoms with Gasteiger partial charge in [-0.15, -0.1) is 0 Å². The molecule has 0 fully saturated rings. The standard InChI is InChI=1S/C25H19Cl2N3O6S.Na/c1-13-20(10-15(26)11-22(13)37(33,34)35)29-30-23-17-6-4-3-5-14(17)9-18(24(23)31)25(32)28-16-7-8-21(36-2)19(27)12-16;/h3-12,31H,1-2H3,(H,28,32)(H,33,34,35);/q;+1/p-1. The van der Waals surface area contributed by atoms with Crippen molar-refractivity contribution < 1.29 is 57.2 Å². The summed E-state index contributed by atoms with van der Waals surface area (Å²) in [5.74, 6) is -0.971. The third kappa shape index (κ3) is 6.29. The number of nitrogens with one attached hydrogen (secondary N) is 1. The fourth-order valence-electron chi connectivity index (χ4n) is 3.64. The van der Waals surface area contributed by atoms with Crippen LogP contribution in [-0.2, 0) is 10.1 Å². The molecule has 38 heavy (non-hydrogen) atoms. The normalized spacial score (nSPS) is 11.4. The van der Waals surface area contributed by atoms with Crippen molar-refractivity contribution in [3.63, 3.8) is 0 Å². The number of azo groups is 1. The van der Waals surface area contributed by atoms with Gasteiger partial charge in [-0.1, -0.05) is 53.2 Å². The summed E-state index contributed by atoms with van der Waals surface area (Å²) < 4.78 is 38.0. The van der Waals surface area contributed by atoms with E-state index in [0.29, 0.717) is 22.2 Å². The molecule has 1 amide bonds. The number of benzene rings is 4. The van der Waals surface area contributed by atoms with Crippen LogP contribution in [0, 0.1) is 6.92 Å². The second-order valence-corrected chi connectivity index (χ2v) is 10.1. The average Bonchev–Trinajstić information content (AvgIpc) is 2.84. The molecule has 0 saturated heterocycles. The van der Waals surface area contributed by atoms with E-state index in [1.165, 1.54) is 32.2 Å². The Kier molecular flexibility index (Phi) is 9.43. The quantitative estimate of drug-likeness (QED) is 0.203. The molecule has 190 valence electrons. The van der Waals surface area contributed by atoms with Crippen LogP contribution in [0.1, 0.15) is 15.9 Å². The maximum absolute atomic E-state index is 13.4. The minimum Gasteiger partial charge on any atom is -0.870 e. The second-order valence-electron chi connectivity index (χ2n) is 7.85. The molecule has 9 nitrogen and oxygen atoms in total. The molecule has 4 aromatic carbocycles. The van der Waals surface area contributed by atoms with E-state index >= 15 is 0 Å². The summed E-state index contributed by atoms with van der Waals surface area (Å²) in [4.78, 5) is 12.6. The van der Waals surface area contributed by atoms with Gasteiger partial charge in [0.1, 0.15) is 10.6 Å². The van der Waals surface area contributed by atoms with Gasteiger partial charge in [0.15, 0.2) is 0 Å². The number of carbonyl (C=O) groups excluding carboxylic acids is 1. The Balaban J connectivity index is 0.00000400. The maximum Gasteiger partial charge on any atom is 1.00 e. The van der Waals surface area contributed by atoms with E-state index < -0.39 is 26.7 Å². The number of methoxy groups -OCH3 is 1. The van der Waals surface area contributed by atoms with Crippen LogP contribution < -0.4 is 44.7 Å². The summed E-state index contributed by atoms with van der Waals surface area (Å²) in [5, 5.41) is 25.4. The molecule has 2 N–H and O–H groups in total. The van der Waals surface area contributed by atoms with E-state index in [2.05, 4.69) is 15.5 Å². The molecule has 0 heterocycles. The van der Waals surface area contributed by atoms with Crippen LogP contribution >= 0.6 is 23.2 Å². The molecule has 0 aliphatic heterocycles. The van der Waals surface area contributed by atoms with Crippen molar-refractivity contribution >= 4 is 67.1 Å². The summed E-state index contributed by atoms with van der Waals surface area (Å²) in [7, 11) is -3.12. The van der Waals surface area contributed by atoms with E-state index in [4.69, 9.17) is 27.9 Å². The van der Waals surface area contributed by atoms with Gasteiger partial charge in [-0.05, 0) is 54.3 Å². The fourth-order valence-corrected chi connectivity index (χ4v) is 4.94. The van der Waals surface area contributed by atoms with Crippen LogP contribution in [-0.4, -0.2) is 26.0 Å². The Morgan fingerprint density at radius 2 is 1.76 bits per heavy atom. The van der Waals surface area contributed by atoms with Crippen molar-refractivity contribution in [1.82, 2.24) is 0 Å². The fraction of sp³-hybridized carbons (Fsp3) is 0.0800. The zero-order valence-corrected chi connectivity index (χ0v) is 24.6. The first-order valence-corrected chi connectivity index (χ1v) is 12.8. The molecule has 4 aromatic rings. The number of ether oxygens (including phenoxy) is 1. The number of rotatable bonds is 6. The van der Waals surface area contributed by atoms with Crippen LogP contribution in [0.4, 0.5) is 17.1 Å². The Morgan fingerprint density at radius 3 is 2.42 bits per heavy atom. The number of halogens is 2. The maximum atomic E-state index is 13.4. The Labute approximate surface area is 250 Å². The molecule has 0 spiro atoms. The van der Waals surface area contributed by atoms with Crippen molar-refractivity contribution in [3.05, 3.63) is 81.8 Å². The van der Waals surface area contributed by atoms with Crippen LogP contribution in [0.15, 0.2) is 75.8 Å². The Hall–Kier alpha value is -2.70. The van der Waals surface area contributed by atoms with Crippen LogP contribution in [0.25, 0.3) is 10.8 Å². The molecule has 0 aliphatic rings. The summed E-state index contributed by atoms with van der Waals surface area (Å²) in [6.45, 7) is 1.41. The minimum atomic E-state index is -4.58. The Bertz CT molecular complexity index is 1700. The number of fused-ring (bicyclic) bond motifs is 1. The summed E-state index contributed by atoms with van der Waals surface area (Å²) in [6.07, 6.45) is 0. The second kappa shape index (κ2) is 12.0. The number of hydrogen-bond donors (Lipinski definition) is 2. The largest absolute Gasteiger partial charge is 1.00 e. The smallest absolute Gasteiger partial charge is 0.870 e. The van der Waals surface area contributed by atoms with Gasteiger partial charge in [-0.3, -0.25) is 9.35 Å². The molecule has 0 saturated carbocycles. The van der Waals surface area contributed by atoms with Crippen LogP contribution in [0.3, 0.4) is 0 Å². The molecular formula is C25H18Cl2N3NaO6S. The third-order valence-corrected chi connectivity index (χ3v) is 6.96. The first kappa shape index (κ1) is 29.9. The molecular weight excluding hydrogens is 564 g/mol. The summed E-state index contributed by atoms with van der Waals surface area (Å²) in [5.41, 5.74) is 0.118. The van der Waals surface area contributed by atoms with Gasteiger partial charge in [0.2, 0.25) is 0 Å². The number of nitrogens with zero attached hydrogens (tertiary/aromatic N) is 2. The number of carbonyl (C=O) groups is 1. The molecule has 13 heteroatoms. The average molecular weight is 582 g/mol. The van der Waals surface area contributed by atoms with Gasteiger partial charge in [-0.2, -0.15) is 18.6 Å². The van der Waals surface area contributed by atoms with Crippen molar-refractivity contribution in [2.24, 2.45) is 10.2 Å². The monoisotopic (exact) mass is 581 g/mol. The van der Waals surface area contributed by atoms with Crippen molar-refractivity contribution in [2.75, 3.05) is 12.4 Å². The topological polar surface area (TPSA) is 140 Å². The van der Waals surface area contributed by atoms with Gasteiger partial charge in [0, 0.05) is 21.7 Å². The van der Waals surface area contributed by atoms with E-state index in [1.807, 2.05) is 0 Å². The van der Waals surface area contributed by atoms with E-state index in [0.717, 1.165) is 6.07 Å². The molecule has 0 unspecified atom stereocenters. The van der Waals surface area contributed by atoms with E-state index in [1.54, 1.807) is 36.4 Å². The minimum absolute atomic E-state index is 0. The SMILES string of the molecule is COc1ccc(NC(=O)c2cc3ccccc3c(N=Nc3cc(Cl)cc(S(=O)(=O)O)c3C)c2[O-])cc1Cl.[Na+]. The zero-order valence-electron chi connectivity index (χ0n) is 20.3. The van der Waals surface area contributed by atoms with E-state index in [9.17, 15) is 22.9 Å². The van der Waals surface area contributed by atoms with Crippen molar-refractivity contribution in [1.29, 1.82) is 0 Å². The summed E-state index contributed by atoms with van der Waals surface area (Å²) in [6, 6.07) is 15.3. The van der Waals surface area contributed by atoms with Crippen molar-refractivity contribution in [3.8, 4) is 11.5 Å². The predicted octanol–water partition coefficient (Wildman–Crippen LogP) is 3.46.